The van der Waals surface area contributed by atoms with Crippen molar-refractivity contribution in [2.45, 2.75) is 76.4 Å². The van der Waals surface area contributed by atoms with Gasteiger partial charge in [-0.3, -0.25) is 4.79 Å². The minimum atomic E-state index is -1.13. The number of anilines is 1. The zero-order valence-electron chi connectivity index (χ0n) is 28.9. The minimum absolute atomic E-state index is 0.00390. The Hall–Kier alpha value is -4.74. The highest BCUT2D eigenvalue weighted by Gasteiger charge is 2.57. The smallest absolute Gasteiger partial charge is 0.200 e. The zero-order chi connectivity index (χ0) is 36.0. The fourth-order valence-electron chi connectivity index (χ4n) is 7.61. The van der Waals surface area contributed by atoms with Crippen LogP contribution < -0.4 is 15.2 Å². The summed E-state index contributed by atoms with van der Waals surface area (Å²) in [6, 6.07) is 15.4. The van der Waals surface area contributed by atoms with E-state index in [9.17, 15) is 30.3 Å². The number of phenols is 3. The molecule has 1 aliphatic carbocycles. The fourth-order valence-corrected chi connectivity index (χ4v) is 7.61. The molecule has 5 atom stereocenters. The summed E-state index contributed by atoms with van der Waals surface area (Å²) >= 11 is 0. The molecule has 8 N–H and O–H groups in total. The topological polar surface area (TPSA) is 191 Å². The summed E-state index contributed by atoms with van der Waals surface area (Å²) in [6.45, 7) is 4.27. The Balaban J connectivity index is 1.54. The average molecular weight is 688 g/mol. The van der Waals surface area contributed by atoms with Gasteiger partial charge in [0.15, 0.2) is 23.0 Å². The van der Waals surface area contributed by atoms with Crippen LogP contribution in [0, 0.1) is 17.8 Å². The summed E-state index contributed by atoms with van der Waals surface area (Å²) in [5.74, 6) is -1.41. The predicted octanol–water partition coefficient (Wildman–Crippen LogP) is 5.22. The monoisotopic (exact) mass is 687 g/mol. The number of hydrogen-bond acceptors (Lipinski definition) is 10. The number of pyridine rings is 1. The van der Waals surface area contributed by atoms with Crippen molar-refractivity contribution in [3.8, 4) is 28.7 Å². The van der Waals surface area contributed by atoms with E-state index in [1.807, 2.05) is 38.2 Å². The Labute approximate surface area is 292 Å². The molecule has 1 aliphatic rings. The Morgan fingerprint density at radius 3 is 2.52 bits per heavy atom. The van der Waals surface area contributed by atoms with Gasteiger partial charge in [0.1, 0.15) is 11.6 Å². The number of aromatic nitrogens is 2. The third-order valence-electron chi connectivity index (χ3n) is 10.0. The summed E-state index contributed by atoms with van der Waals surface area (Å²) in [7, 11) is 1.47. The number of Topliss-reactive ketones (excluding diaryl/α,β-unsaturated/α-hetero) is 1. The molecule has 2 heterocycles. The van der Waals surface area contributed by atoms with Gasteiger partial charge in [-0.05, 0) is 110 Å². The van der Waals surface area contributed by atoms with Crippen LogP contribution in [0.4, 0.5) is 5.82 Å². The number of nitrogens with two attached hydrogens (primary N) is 1. The number of nitrogen functional groups attached to an aromatic ring is 1. The predicted molar refractivity (Wildman–Crippen MR) is 189 cm³/mol. The van der Waals surface area contributed by atoms with E-state index >= 15 is 0 Å². The van der Waals surface area contributed by atoms with Crippen molar-refractivity contribution in [3.63, 3.8) is 0 Å². The fraction of sp³-hybridized carbons (Fsp3) is 0.436. The highest BCUT2D eigenvalue weighted by molar-refractivity contribution is 5.84. The molecule has 50 heavy (non-hydrogen) atoms. The van der Waals surface area contributed by atoms with Crippen LogP contribution in [0.3, 0.4) is 0 Å². The number of aromatic hydroxyl groups is 3. The van der Waals surface area contributed by atoms with E-state index in [2.05, 4.69) is 9.97 Å². The number of H-pyrrole nitrogens is 1. The van der Waals surface area contributed by atoms with Gasteiger partial charge in [-0.25, -0.2) is 4.98 Å². The van der Waals surface area contributed by atoms with Gasteiger partial charge in [-0.15, -0.1) is 0 Å². The van der Waals surface area contributed by atoms with Crippen molar-refractivity contribution in [2.75, 3.05) is 19.5 Å². The lowest BCUT2D eigenvalue weighted by atomic mass is 9.58. The number of aromatic amines is 1. The third-order valence-corrected chi connectivity index (χ3v) is 10.0. The van der Waals surface area contributed by atoms with Crippen LogP contribution in [-0.2, 0) is 29.5 Å². The number of nitrogens with one attached hydrogen (secondary N) is 1. The minimum Gasteiger partial charge on any atom is -0.504 e. The second-order valence-corrected chi connectivity index (χ2v) is 13.8. The maximum absolute atomic E-state index is 14.8. The van der Waals surface area contributed by atoms with Gasteiger partial charge >= 0.3 is 0 Å². The lowest BCUT2D eigenvalue weighted by Gasteiger charge is -2.45. The van der Waals surface area contributed by atoms with Crippen molar-refractivity contribution < 1.29 is 39.8 Å². The Kier molecular flexibility index (Phi) is 11.6. The molecule has 0 aliphatic heterocycles. The Morgan fingerprint density at radius 2 is 1.82 bits per heavy atom. The molecule has 0 unspecified atom stereocenters. The second-order valence-electron chi connectivity index (χ2n) is 13.8. The van der Waals surface area contributed by atoms with Crippen molar-refractivity contribution in [1.82, 2.24) is 9.97 Å². The molecule has 5 rings (SSSR count). The first-order valence-electron chi connectivity index (χ1n) is 17.2. The van der Waals surface area contributed by atoms with Crippen molar-refractivity contribution in [3.05, 3.63) is 89.4 Å². The van der Waals surface area contributed by atoms with Gasteiger partial charge in [0, 0.05) is 35.8 Å². The maximum atomic E-state index is 14.8. The first-order valence-corrected chi connectivity index (χ1v) is 17.2. The van der Waals surface area contributed by atoms with Gasteiger partial charge < -0.3 is 45.7 Å². The van der Waals surface area contributed by atoms with E-state index in [0.29, 0.717) is 43.6 Å². The molecule has 268 valence electrons. The third kappa shape index (κ3) is 8.00. The molecule has 0 bridgehead atoms. The SMILES string of the molecule is COc1cc(CC[C@@H](O)[C@H](C(=O)CCc2cc(O)c(O)c(OCC(C)C)c2)[C@@]2(c3ccnc(N)c3)CC[C@H](O)[C@H]2Cc2ccc[nH]2)ccc1O. The summed E-state index contributed by atoms with van der Waals surface area (Å²) in [6.07, 6.45) is 3.63. The largest absolute Gasteiger partial charge is 0.504 e. The molecule has 2 aromatic heterocycles. The normalized spacial score (nSPS) is 20.1. The van der Waals surface area contributed by atoms with Crippen molar-refractivity contribution >= 4 is 11.6 Å². The van der Waals surface area contributed by atoms with E-state index in [-0.39, 0.29) is 59.8 Å². The van der Waals surface area contributed by atoms with E-state index in [1.54, 1.807) is 30.5 Å². The number of carbonyl (C=O) groups is 1. The summed E-state index contributed by atoms with van der Waals surface area (Å²) in [5, 5.41) is 54.8. The number of phenolic OH excluding ortho intramolecular Hbond substituents is 3. The number of ether oxygens (including phenoxy) is 2. The number of rotatable bonds is 16. The van der Waals surface area contributed by atoms with Crippen LogP contribution in [0.2, 0.25) is 0 Å². The second kappa shape index (κ2) is 15.9. The summed E-state index contributed by atoms with van der Waals surface area (Å²) < 4.78 is 11.0. The number of carbonyl (C=O) groups excluding carboxylic acids is 1. The van der Waals surface area contributed by atoms with Gasteiger partial charge in [0.2, 0.25) is 5.75 Å². The Bertz CT molecular complexity index is 1740. The number of ketones is 1. The number of benzene rings is 2. The summed E-state index contributed by atoms with van der Waals surface area (Å²) in [4.78, 5) is 22.2. The van der Waals surface area contributed by atoms with Gasteiger partial charge in [-0.1, -0.05) is 19.9 Å². The van der Waals surface area contributed by atoms with Crippen LogP contribution in [0.15, 0.2) is 67.0 Å². The standard InChI is InChI=1S/C39H49N3O8/c1-23(2)22-50-35-19-25(17-33(47)38(35)48)8-11-32(46)37(31(45)10-7-24-6-9-30(44)34(18-24)49-3)39(26-13-16-42-36(40)20-26)14-12-29(43)28(39)21-27-5-4-15-41-27/h4-6,9,13,15-20,23,28-29,31,37,41,43-45,47-48H,7-8,10-12,14,21-22H2,1-3H3,(H2,40,42)/t28-,29+,31-,37-,39-/m1/s1. The lowest BCUT2D eigenvalue weighted by Crippen LogP contribution is -2.51. The van der Waals surface area contributed by atoms with Crippen LogP contribution in [-0.4, -0.2) is 67.2 Å². The molecule has 11 nitrogen and oxygen atoms in total. The van der Waals surface area contributed by atoms with Gasteiger partial charge in [-0.2, -0.15) is 0 Å². The molecular formula is C39H49N3O8. The molecule has 0 amide bonds. The van der Waals surface area contributed by atoms with Crippen LogP contribution in [0.5, 0.6) is 28.7 Å². The Morgan fingerprint density at radius 1 is 1.04 bits per heavy atom. The van der Waals surface area contributed by atoms with Crippen molar-refractivity contribution in [1.29, 1.82) is 0 Å². The van der Waals surface area contributed by atoms with Crippen LogP contribution in [0.1, 0.15) is 61.9 Å². The first-order chi connectivity index (χ1) is 23.9. The lowest BCUT2D eigenvalue weighted by molar-refractivity contribution is -0.132. The number of aliphatic hydroxyl groups excluding tert-OH is 2. The number of hydrogen-bond donors (Lipinski definition) is 7. The van der Waals surface area contributed by atoms with Gasteiger partial charge in [0.25, 0.3) is 0 Å². The van der Waals surface area contributed by atoms with Crippen molar-refractivity contribution in [2.24, 2.45) is 17.8 Å². The number of nitrogens with zero attached hydrogens (tertiary/aromatic N) is 1. The van der Waals surface area contributed by atoms with Crippen LogP contribution in [0.25, 0.3) is 0 Å². The summed E-state index contributed by atoms with van der Waals surface area (Å²) in [5.41, 5.74) is 8.26. The molecule has 11 heteroatoms. The molecule has 0 spiro atoms. The molecule has 0 radical (unpaired) electrons. The highest BCUT2D eigenvalue weighted by Crippen LogP contribution is 2.54. The molecule has 1 fully saturated rings. The highest BCUT2D eigenvalue weighted by atomic mass is 16.5. The maximum Gasteiger partial charge on any atom is 0.200 e. The van der Waals surface area contributed by atoms with E-state index < -0.39 is 29.5 Å². The quantitative estimate of drug-likeness (QED) is 0.0769. The molecule has 4 aromatic rings. The van der Waals surface area contributed by atoms with E-state index in [0.717, 1.165) is 16.8 Å². The number of aryl methyl sites for hydroxylation is 2. The molecule has 2 aromatic carbocycles. The zero-order valence-corrected chi connectivity index (χ0v) is 28.9. The van der Waals surface area contributed by atoms with Gasteiger partial charge in [0.05, 0.1) is 31.8 Å². The number of methoxy groups -OCH3 is 1. The molecule has 0 saturated heterocycles. The molecule has 1 saturated carbocycles. The first kappa shape index (κ1) is 36.5. The van der Waals surface area contributed by atoms with E-state index in [1.165, 1.54) is 19.2 Å². The number of aliphatic hydroxyl groups is 2. The molecular weight excluding hydrogens is 638 g/mol. The van der Waals surface area contributed by atoms with E-state index in [4.69, 9.17) is 15.2 Å². The average Bonchev–Trinajstić information content (AvgIpc) is 3.73. The van der Waals surface area contributed by atoms with Crippen LogP contribution >= 0.6 is 0 Å².